The summed E-state index contributed by atoms with van der Waals surface area (Å²) in [6.45, 7) is 8.83. The quantitative estimate of drug-likeness (QED) is 0.325. The molecule has 0 saturated heterocycles. The van der Waals surface area contributed by atoms with Crippen LogP contribution in [0.1, 0.15) is 79.1 Å². The molecule has 0 N–H and O–H groups in total. The zero-order valence-corrected chi connectivity index (χ0v) is 14.2. The molecule has 0 aromatic rings. The lowest BCUT2D eigenvalue weighted by molar-refractivity contribution is -0.156. The van der Waals surface area contributed by atoms with E-state index in [-0.39, 0.29) is 11.8 Å². The maximum Gasteiger partial charge on any atom is 0.317 e. The molecule has 0 fully saturated rings. The number of hydrogen-bond donors (Lipinski definition) is 0. The first-order valence-electron chi connectivity index (χ1n) is 8.16. The molecule has 0 unspecified atom stereocenters. The van der Waals surface area contributed by atoms with Crippen molar-refractivity contribution >= 4 is 11.9 Å². The molecular formula is C17H32O4. The number of carbonyl (C=O) groups excluding carboxylic acids is 2. The molecule has 0 aliphatic carbocycles. The highest BCUT2D eigenvalue weighted by molar-refractivity contribution is 5.91. The average Bonchev–Trinajstić information content (AvgIpc) is 2.39. The number of carbonyl (C=O) groups is 2. The summed E-state index contributed by atoms with van der Waals surface area (Å²) in [7, 11) is 0. The summed E-state index contributed by atoms with van der Waals surface area (Å²) in [6, 6.07) is 0. The Morgan fingerprint density at radius 2 is 1.33 bits per heavy atom. The Bertz CT molecular complexity index is 292. The van der Waals surface area contributed by atoms with Crippen molar-refractivity contribution in [3.05, 3.63) is 0 Å². The van der Waals surface area contributed by atoms with E-state index in [1.165, 1.54) is 32.1 Å². The van der Waals surface area contributed by atoms with Crippen molar-refractivity contribution in [3.63, 3.8) is 0 Å². The van der Waals surface area contributed by atoms with Crippen molar-refractivity contribution in [3.8, 4) is 0 Å². The van der Waals surface area contributed by atoms with E-state index in [1.807, 2.05) is 20.8 Å². The van der Waals surface area contributed by atoms with E-state index in [0.29, 0.717) is 13.2 Å². The van der Waals surface area contributed by atoms with Crippen LogP contribution in [-0.2, 0) is 19.1 Å². The second kappa shape index (κ2) is 11.6. The molecule has 0 saturated carbocycles. The van der Waals surface area contributed by atoms with Crippen LogP contribution < -0.4 is 0 Å². The Labute approximate surface area is 129 Å². The predicted octanol–water partition coefficient (Wildman–Crippen LogP) is 4.26. The molecule has 4 heteroatoms. The van der Waals surface area contributed by atoms with Crippen LogP contribution in [-0.4, -0.2) is 25.2 Å². The molecule has 0 spiro atoms. The summed E-state index contributed by atoms with van der Waals surface area (Å²) in [5, 5.41) is 0. The topological polar surface area (TPSA) is 52.6 Å². The summed E-state index contributed by atoms with van der Waals surface area (Å²) in [6.07, 6.45) is 7.93. The largest absolute Gasteiger partial charge is 0.465 e. The lowest BCUT2D eigenvalue weighted by Crippen LogP contribution is -2.21. The number of rotatable bonds is 11. The van der Waals surface area contributed by atoms with Crippen molar-refractivity contribution in [2.24, 2.45) is 5.41 Å². The van der Waals surface area contributed by atoms with Gasteiger partial charge in [0.1, 0.15) is 6.42 Å². The first kappa shape index (κ1) is 19.9. The summed E-state index contributed by atoms with van der Waals surface area (Å²) in [5.74, 6) is -0.991. The van der Waals surface area contributed by atoms with Gasteiger partial charge < -0.3 is 9.47 Å². The van der Waals surface area contributed by atoms with Crippen LogP contribution in [0.4, 0.5) is 0 Å². The molecule has 0 amide bonds. The van der Waals surface area contributed by atoms with Crippen LogP contribution in [0.2, 0.25) is 0 Å². The third kappa shape index (κ3) is 15.2. The highest BCUT2D eigenvalue weighted by Gasteiger charge is 2.16. The van der Waals surface area contributed by atoms with Crippen LogP contribution in [0.5, 0.6) is 0 Å². The Morgan fingerprint density at radius 3 is 1.90 bits per heavy atom. The first-order valence-corrected chi connectivity index (χ1v) is 8.16. The Hall–Kier alpha value is -1.06. The standard InChI is InChI=1S/C17H32O4/c1-5-6-7-8-9-10-11-12-20-15(18)13-16(19)21-14-17(2,3)4/h5-14H2,1-4H3. The van der Waals surface area contributed by atoms with Gasteiger partial charge in [0.2, 0.25) is 0 Å². The molecule has 0 radical (unpaired) electrons. The molecule has 4 nitrogen and oxygen atoms in total. The van der Waals surface area contributed by atoms with Crippen molar-refractivity contribution in [1.82, 2.24) is 0 Å². The van der Waals surface area contributed by atoms with Gasteiger partial charge in [-0.25, -0.2) is 0 Å². The number of ether oxygens (including phenoxy) is 2. The molecule has 0 bridgehead atoms. The molecule has 0 aliphatic rings. The van der Waals surface area contributed by atoms with E-state index < -0.39 is 11.9 Å². The molecule has 0 aromatic carbocycles. The average molecular weight is 300 g/mol. The molecule has 0 aliphatic heterocycles. The highest BCUT2D eigenvalue weighted by atomic mass is 16.6. The van der Waals surface area contributed by atoms with Crippen molar-refractivity contribution in [2.45, 2.75) is 79.1 Å². The van der Waals surface area contributed by atoms with Crippen LogP contribution in [0, 0.1) is 5.41 Å². The van der Waals surface area contributed by atoms with Crippen LogP contribution in [0.25, 0.3) is 0 Å². The number of esters is 2. The van der Waals surface area contributed by atoms with Gasteiger partial charge in [-0.15, -0.1) is 0 Å². The normalized spacial score (nSPS) is 11.2. The molecule has 0 rings (SSSR count). The highest BCUT2D eigenvalue weighted by Crippen LogP contribution is 2.13. The van der Waals surface area contributed by atoms with Gasteiger partial charge in [-0.2, -0.15) is 0 Å². The van der Waals surface area contributed by atoms with Crippen LogP contribution in [0.3, 0.4) is 0 Å². The zero-order chi connectivity index (χ0) is 16.1. The third-order valence-corrected chi connectivity index (χ3v) is 2.97. The van der Waals surface area contributed by atoms with E-state index in [1.54, 1.807) is 0 Å². The maximum atomic E-state index is 11.4. The van der Waals surface area contributed by atoms with E-state index in [9.17, 15) is 9.59 Å². The smallest absolute Gasteiger partial charge is 0.317 e. The van der Waals surface area contributed by atoms with Crippen molar-refractivity contribution in [1.29, 1.82) is 0 Å². The van der Waals surface area contributed by atoms with E-state index in [0.717, 1.165) is 12.8 Å². The minimum atomic E-state index is -0.505. The summed E-state index contributed by atoms with van der Waals surface area (Å²) >= 11 is 0. The SMILES string of the molecule is CCCCCCCCCOC(=O)CC(=O)OCC(C)(C)C. The lowest BCUT2D eigenvalue weighted by atomic mass is 9.99. The monoisotopic (exact) mass is 300 g/mol. The predicted molar refractivity (Wildman–Crippen MR) is 84.0 cm³/mol. The fourth-order valence-electron chi connectivity index (χ4n) is 1.76. The van der Waals surface area contributed by atoms with E-state index >= 15 is 0 Å². The van der Waals surface area contributed by atoms with Gasteiger partial charge >= 0.3 is 11.9 Å². The van der Waals surface area contributed by atoms with Gasteiger partial charge in [-0.05, 0) is 11.8 Å². The summed E-state index contributed by atoms with van der Waals surface area (Å²) < 4.78 is 10.1. The molecule has 0 atom stereocenters. The van der Waals surface area contributed by atoms with Crippen LogP contribution in [0.15, 0.2) is 0 Å². The lowest BCUT2D eigenvalue weighted by Gasteiger charge is -2.17. The van der Waals surface area contributed by atoms with Crippen molar-refractivity contribution < 1.29 is 19.1 Å². The maximum absolute atomic E-state index is 11.4. The first-order chi connectivity index (χ1) is 9.85. The van der Waals surface area contributed by atoms with Gasteiger partial charge in [0.05, 0.1) is 13.2 Å². The number of hydrogen-bond acceptors (Lipinski definition) is 4. The zero-order valence-electron chi connectivity index (χ0n) is 14.2. The van der Waals surface area contributed by atoms with E-state index in [2.05, 4.69) is 6.92 Å². The third-order valence-electron chi connectivity index (χ3n) is 2.97. The minimum absolute atomic E-state index is 0.0860. The van der Waals surface area contributed by atoms with Gasteiger partial charge in [0, 0.05) is 0 Å². The van der Waals surface area contributed by atoms with E-state index in [4.69, 9.17) is 9.47 Å². The second-order valence-corrected chi connectivity index (χ2v) is 6.74. The summed E-state index contributed by atoms with van der Waals surface area (Å²) in [5.41, 5.74) is -0.0860. The minimum Gasteiger partial charge on any atom is -0.465 e. The summed E-state index contributed by atoms with van der Waals surface area (Å²) in [4.78, 5) is 22.8. The van der Waals surface area contributed by atoms with Gasteiger partial charge in [0.25, 0.3) is 0 Å². The van der Waals surface area contributed by atoms with Gasteiger partial charge in [-0.3, -0.25) is 9.59 Å². The van der Waals surface area contributed by atoms with Gasteiger partial charge in [-0.1, -0.05) is 66.2 Å². The molecule has 124 valence electrons. The Kier molecular flexibility index (Phi) is 11.0. The fourth-order valence-corrected chi connectivity index (χ4v) is 1.76. The second-order valence-electron chi connectivity index (χ2n) is 6.74. The molecular weight excluding hydrogens is 268 g/mol. The Balaban J connectivity index is 3.47. The van der Waals surface area contributed by atoms with Crippen LogP contribution >= 0.6 is 0 Å². The molecule has 0 heterocycles. The number of unbranched alkanes of at least 4 members (excludes halogenated alkanes) is 6. The Morgan fingerprint density at radius 1 is 0.810 bits per heavy atom. The molecule has 21 heavy (non-hydrogen) atoms. The van der Waals surface area contributed by atoms with Crippen molar-refractivity contribution in [2.75, 3.05) is 13.2 Å². The fraction of sp³-hybridized carbons (Fsp3) is 0.882. The van der Waals surface area contributed by atoms with Gasteiger partial charge in [0.15, 0.2) is 0 Å². The molecule has 0 aromatic heterocycles.